The Balaban J connectivity index is 1.60. The van der Waals surface area contributed by atoms with Crippen LogP contribution in [0.3, 0.4) is 0 Å². The molecule has 2 amide bonds. The number of likely N-dealkylation sites (N-methyl/N-ethyl adjacent to an activating group) is 1. The standard InChI is InChI=1S/C23H23N3O4S/c1-2-26-22(29)20(15-16-6-3-4-9-19(16)27)31-23(26)24-18-8-5-7-17(14-18)21(28)25-10-12-30-13-11-25/h3-9,14-15,27H,2,10-13H2,1H3/b20-15+,24-23?. The van der Waals surface area contributed by atoms with Crippen molar-refractivity contribution >= 4 is 40.5 Å². The number of phenolic OH excluding ortho intramolecular Hbond substituents is 1. The first kappa shape index (κ1) is 21.1. The fourth-order valence-corrected chi connectivity index (χ4v) is 4.44. The Bertz CT molecular complexity index is 1060. The van der Waals surface area contributed by atoms with Gasteiger partial charge in [-0.1, -0.05) is 24.3 Å². The van der Waals surface area contributed by atoms with E-state index in [-0.39, 0.29) is 17.6 Å². The summed E-state index contributed by atoms with van der Waals surface area (Å²) >= 11 is 1.26. The molecule has 2 aliphatic rings. The Hall–Kier alpha value is -3.10. The molecule has 0 aliphatic carbocycles. The third kappa shape index (κ3) is 4.65. The summed E-state index contributed by atoms with van der Waals surface area (Å²) in [5.74, 6) is -0.0887. The van der Waals surface area contributed by atoms with Gasteiger partial charge in [0.05, 0.1) is 23.8 Å². The third-order valence-corrected chi connectivity index (χ3v) is 6.05. The molecule has 0 atom stereocenters. The lowest BCUT2D eigenvalue weighted by Crippen LogP contribution is -2.40. The molecular formula is C23H23N3O4S. The van der Waals surface area contributed by atoms with Crippen LogP contribution < -0.4 is 0 Å². The van der Waals surface area contributed by atoms with Crippen molar-refractivity contribution in [2.75, 3.05) is 32.8 Å². The summed E-state index contributed by atoms with van der Waals surface area (Å²) in [4.78, 5) is 34.1. The first-order valence-corrected chi connectivity index (χ1v) is 10.9. The number of aromatic hydroxyl groups is 1. The first-order chi connectivity index (χ1) is 15.1. The number of carbonyl (C=O) groups is 2. The summed E-state index contributed by atoms with van der Waals surface area (Å²) in [6.45, 7) is 4.59. The molecular weight excluding hydrogens is 414 g/mol. The van der Waals surface area contributed by atoms with Gasteiger partial charge in [0.25, 0.3) is 11.8 Å². The van der Waals surface area contributed by atoms with Gasteiger partial charge in [-0.2, -0.15) is 0 Å². The van der Waals surface area contributed by atoms with Gasteiger partial charge in [0.15, 0.2) is 5.17 Å². The van der Waals surface area contributed by atoms with E-state index < -0.39 is 0 Å². The number of morpholine rings is 1. The Morgan fingerprint density at radius 1 is 1.19 bits per heavy atom. The van der Waals surface area contributed by atoms with Crippen LogP contribution in [0, 0.1) is 0 Å². The van der Waals surface area contributed by atoms with Gasteiger partial charge in [-0.25, -0.2) is 4.99 Å². The molecule has 0 radical (unpaired) electrons. The highest BCUT2D eigenvalue weighted by Crippen LogP contribution is 2.35. The van der Waals surface area contributed by atoms with E-state index in [4.69, 9.17) is 4.74 Å². The van der Waals surface area contributed by atoms with Gasteiger partial charge >= 0.3 is 0 Å². The van der Waals surface area contributed by atoms with Crippen LogP contribution in [-0.4, -0.2) is 64.7 Å². The van der Waals surface area contributed by atoms with Crippen LogP contribution in [0.25, 0.3) is 6.08 Å². The minimum absolute atomic E-state index is 0.0482. The number of amides is 2. The maximum absolute atomic E-state index is 12.8. The molecule has 7 nitrogen and oxygen atoms in total. The topological polar surface area (TPSA) is 82.4 Å². The van der Waals surface area contributed by atoms with Crippen LogP contribution in [0.15, 0.2) is 58.4 Å². The summed E-state index contributed by atoms with van der Waals surface area (Å²) in [5, 5.41) is 10.6. The van der Waals surface area contributed by atoms with Crippen molar-refractivity contribution in [3.8, 4) is 5.75 Å². The highest BCUT2D eigenvalue weighted by Gasteiger charge is 2.32. The minimum atomic E-state index is -0.157. The van der Waals surface area contributed by atoms with Crippen LogP contribution in [0.4, 0.5) is 5.69 Å². The van der Waals surface area contributed by atoms with Crippen molar-refractivity contribution < 1.29 is 19.4 Å². The number of carbonyl (C=O) groups excluding carboxylic acids is 2. The van der Waals surface area contributed by atoms with Gasteiger partial charge in [0.1, 0.15) is 5.75 Å². The van der Waals surface area contributed by atoms with E-state index in [1.165, 1.54) is 11.8 Å². The summed E-state index contributed by atoms with van der Waals surface area (Å²) in [6.07, 6.45) is 1.67. The maximum atomic E-state index is 12.8. The van der Waals surface area contributed by atoms with Gasteiger partial charge in [-0.15, -0.1) is 0 Å². The first-order valence-electron chi connectivity index (χ1n) is 10.1. The predicted molar refractivity (Wildman–Crippen MR) is 121 cm³/mol. The van der Waals surface area contributed by atoms with Crippen LogP contribution in [0.5, 0.6) is 5.75 Å². The summed E-state index contributed by atoms with van der Waals surface area (Å²) < 4.78 is 5.32. The summed E-state index contributed by atoms with van der Waals surface area (Å²) in [5.41, 5.74) is 1.75. The zero-order chi connectivity index (χ0) is 21.8. The van der Waals surface area contributed by atoms with E-state index in [1.54, 1.807) is 58.3 Å². The maximum Gasteiger partial charge on any atom is 0.266 e. The lowest BCUT2D eigenvalue weighted by molar-refractivity contribution is -0.122. The number of para-hydroxylation sites is 1. The number of phenols is 1. The molecule has 2 saturated heterocycles. The number of amidine groups is 1. The van der Waals surface area contributed by atoms with Crippen molar-refractivity contribution in [1.29, 1.82) is 0 Å². The molecule has 31 heavy (non-hydrogen) atoms. The fourth-order valence-electron chi connectivity index (χ4n) is 3.39. The second kappa shape index (κ2) is 9.36. The predicted octanol–water partition coefficient (Wildman–Crippen LogP) is 3.49. The Labute approximate surface area is 185 Å². The average molecular weight is 438 g/mol. The Kier molecular flexibility index (Phi) is 6.39. The molecule has 2 aromatic carbocycles. The van der Waals surface area contributed by atoms with E-state index in [0.717, 1.165) is 0 Å². The lowest BCUT2D eigenvalue weighted by Gasteiger charge is -2.26. The third-order valence-electron chi connectivity index (χ3n) is 5.04. The van der Waals surface area contributed by atoms with Gasteiger partial charge in [0.2, 0.25) is 0 Å². The molecule has 0 aromatic heterocycles. The fraction of sp³-hybridized carbons (Fsp3) is 0.261. The average Bonchev–Trinajstić information content (AvgIpc) is 3.09. The van der Waals surface area contributed by atoms with E-state index in [2.05, 4.69) is 4.99 Å². The lowest BCUT2D eigenvalue weighted by atomic mass is 10.1. The quantitative estimate of drug-likeness (QED) is 0.741. The van der Waals surface area contributed by atoms with E-state index in [0.29, 0.717) is 59.7 Å². The monoisotopic (exact) mass is 437 g/mol. The second-order valence-electron chi connectivity index (χ2n) is 7.07. The highest BCUT2D eigenvalue weighted by atomic mass is 32.2. The number of hydrogen-bond donors (Lipinski definition) is 1. The Morgan fingerprint density at radius 3 is 2.71 bits per heavy atom. The molecule has 160 valence electrons. The molecule has 2 fully saturated rings. The number of rotatable bonds is 4. The van der Waals surface area contributed by atoms with Crippen LogP contribution in [0.1, 0.15) is 22.8 Å². The number of nitrogens with zero attached hydrogens (tertiary/aromatic N) is 3. The number of thioether (sulfide) groups is 1. The molecule has 0 unspecified atom stereocenters. The normalized spacial score (nSPS) is 19.5. The van der Waals surface area contributed by atoms with E-state index >= 15 is 0 Å². The molecule has 2 aromatic rings. The second-order valence-corrected chi connectivity index (χ2v) is 8.08. The summed E-state index contributed by atoms with van der Waals surface area (Å²) in [6, 6.07) is 14.0. The van der Waals surface area contributed by atoms with Gasteiger partial charge in [-0.05, 0) is 49.0 Å². The molecule has 2 heterocycles. The number of ether oxygens (including phenoxy) is 1. The largest absolute Gasteiger partial charge is 0.507 e. The van der Waals surface area contributed by atoms with Crippen molar-refractivity contribution in [3.63, 3.8) is 0 Å². The van der Waals surface area contributed by atoms with Crippen LogP contribution in [0.2, 0.25) is 0 Å². The van der Waals surface area contributed by atoms with Crippen molar-refractivity contribution in [1.82, 2.24) is 9.80 Å². The van der Waals surface area contributed by atoms with Gasteiger partial charge in [0, 0.05) is 30.8 Å². The van der Waals surface area contributed by atoms with Crippen LogP contribution >= 0.6 is 11.8 Å². The number of hydrogen-bond acceptors (Lipinski definition) is 6. The van der Waals surface area contributed by atoms with Gasteiger partial charge in [-0.3, -0.25) is 14.5 Å². The van der Waals surface area contributed by atoms with Crippen LogP contribution in [-0.2, 0) is 9.53 Å². The molecule has 8 heteroatoms. The molecule has 1 N–H and O–H groups in total. The van der Waals surface area contributed by atoms with E-state index in [9.17, 15) is 14.7 Å². The number of benzene rings is 2. The SMILES string of the molecule is CCN1C(=O)/C(=C\c2ccccc2O)SC1=Nc1cccc(C(=O)N2CCOCC2)c1. The zero-order valence-corrected chi connectivity index (χ0v) is 18.0. The van der Waals surface area contributed by atoms with Gasteiger partial charge < -0.3 is 14.7 Å². The van der Waals surface area contributed by atoms with Crippen molar-refractivity contribution in [3.05, 3.63) is 64.6 Å². The molecule has 0 spiro atoms. The molecule has 0 bridgehead atoms. The highest BCUT2D eigenvalue weighted by molar-refractivity contribution is 8.18. The summed E-state index contributed by atoms with van der Waals surface area (Å²) in [7, 11) is 0. The smallest absolute Gasteiger partial charge is 0.266 e. The molecule has 0 saturated carbocycles. The van der Waals surface area contributed by atoms with Crippen molar-refractivity contribution in [2.45, 2.75) is 6.92 Å². The van der Waals surface area contributed by atoms with E-state index in [1.807, 2.05) is 13.0 Å². The number of aliphatic imine (C=N–C) groups is 1. The molecule has 4 rings (SSSR count). The molecule has 2 aliphatic heterocycles. The minimum Gasteiger partial charge on any atom is -0.507 e. The van der Waals surface area contributed by atoms with Crippen molar-refractivity contribution in [2.24, 2.45) is 4.99 Å². The Morgan fingerprint density at radius 2 is 1.97 bits per heavy atom. The zero-order valence-electron chi connectivity index (χ0n) is 17.2.